The molecule has 5 rings (SSSR count). The van der Waals surface area contributed by atoms with Crippen LogP contribution in [-0.4, -0.2) is 64.3 Å². The van der Waals surface area contributed by atoms with E-state index in [1.165, 1.54) is 6.26 Å². The Bertz CT molecular complexity index is 1390. The van der Waals surface area contributed by atoms with Crippen LogP contribution in [0.3, 0.4) is 0 Å². The number of carbonyl (C=O) groups excluding carboxylic acids is 1. The Labute approximate surface area is 242 Å². The molecule has 0 radical (unpaired) electrons. The van der Waals surface area contributed by atoms with Gasteiger partial charge in [-0.15, -0.1) is 0 Å². The molecule has 0 unspecified atom stereocenters. The van der Waals surface area contributed by atoms with Crippen LogP contribution < -0.4 is 9.21 Å². The lowest BCUT2D eigenvalue weighted by Gasteiger charge is -2.39. The third-order valence-corrected chi connectivity index (χ3v) is 8.91. The number of hydrogen-bond donors (Lipinski definition) is 0. The molecule has 1 aliphatic carbocycles. The number of rotatable bonds is 11. The molecule has 2 aliphatic rings. The maximum absolute atomic E-state index is 13.7. The van der Waals surface area contributed by atoms with Crippen LogP contribution in [0, 0.1) is 5.92 Å². The van der Waals surface area contributed by atoms with Crippen molar-refractivity contribution in [3.8, 4) is 0 Å². The molecule has 2 fully saturated rings. The molecule has 1 saturated heterocycles. The number of amides is 1. The predicted molar refractivity (Wildman–Crippen MR) is 160 cm³/mol. The highest BCUT2D eigenvalue weighted by molar-refractivity contribution is 7.92. The number of sulfonamides is 1. The number of para-hydroxylation sites is 2. The zero-order chi connectivity index (χ0) is 28.1. The molecule has 7 nitrogen and oxygen atoms in total. The van der Waals surface area contributed by atoms with Crippen molar-refractivity contribution in [2.75, 3.05) is 48.2 Å². The van der Waals surface area contributed by atoms with Gasteiger partial charge >= 0.3 is 0 Å². The van der Waals surface area contributed by atoms with Gasteiger partial charge in [-0.3, -0.25) is 9.10 Å². The average Bonchev–Trinajstić information content (AvgIpc) is 3.79. The molecule has 9 heteroatoms. The van der Waals surface area contributed by atoms with E-state index in [0.29, 0.717) is 62.4 Å². The first-order chi connectivity index (χ1) is 19.3. The number of nitrogens with zero attached hydrogens (tertiary/aromatic N) is 3. The molecule has 0 spiro atoms. The summed E-state index contributed by atoms with van der Waals surface area (Å²) in [6.45, 7) is 3.13. The second-order valence-corrected chi connectivity index (χ2v) is 13.0. The van der Waals surface area contributed by atoms with Crippen LogP contribution in [0.15, 0.2) is 78.9 Å². The Morgan fingerprint density at radius 3 is 2.23 bits per heavy atom. The van der Waals surface area contributed by atoms with Crippen molar-refractivity contribution >= 4 is 38.9 Å². The first-order valence-electron chi connectivity index (χ1n) is 13.8. The molecule has 0 aromatic heterocycles. The van der Waals surface area contributed by atoms with Crippen LogP contribution in [0.5, 0.6) is 0 Å². The van der Waals surface area contributed by atoms with Crippen molar-refractivity contribution in [1.29, 1.82) is 0 Å². The van der Waals surface area contributed by atoms with Gasteiger partial charge in [-0.25, -0.2) is 8.42 Å². The summed E-state index contributed by atoms with van der Waals surface area (Å²) in [4.78, 5) is 17.8. The summed E-state index contributed by atoms with van der Waals surface area (Å²) in [5.74, 6) is 0.385. The Morgan fingerprint density at radius 1 is 0.925 bits per heavy atom. The van der Waals surface area contributed by atoms with E-state index in [9.17, 15) is 13.2 Å². The molecule has 1 heterocycles. The van der Waals surface area contributed by atoms with Crippen molar-refractivity contribution in [3.05, 3.63) is 95.0 Å². The molecule has 0 bridgehead atoms. The minimum atomic E-state index is -3.41. The van der Waals surface area contributed by atoms with E-state index in [2.05, 4.69) is 4.90 Å². The number of piperazine rings is 1. The van der Waals surface area contributed by atoms with Crippen LogP contribution >= 0.6 is 11.6 Å². The molecule has 3 aromatic rings. The predicted octanol–water partition coefficient (Wildman–Crippen LogP) is 4.99. The van der Waals surface area contributed by atoms with Gasteiger partial charge in [-0.05, 0) is 54.2 Å². The van der Waals surface area contributed by atoms with Gasteiger partial charge in [0.15, 0.2) is 0 Å². The summed E-state index contributed by atoms with van der Waals surface area (Å²) < 4.78 is 33.2. The van der Waals surface area contributed by atoms with E-state index >= 15 is 0 Å². The Kier molecular flexibility index (Phi) is 8.98. The van der Waals surface area contributed by atoms with E-state index in [1.807, 2.05) is 83.8 Å². The van der Waals surface area contributed by atoms with Crippen molar-refractivity contribution in [2.24, 2.45) is 5.92 Å². The number of ether oxygens (including phenoxy) is 1. The normalized spacial score (nSPS) is 16.6. The maximum atomic E-state index is 13.7. The highest BCUT2D eigenvalue weighted by atomic mass is 35.5. The lowest BCUT2D eigenvalue weighted by molar-refractivity contribution is -0.144. The third kappa shape index (κ3) is 7.36. The molecule has 1 amide bonds. The minimum Gasteiger partial charge on any atom is -0.366 e. The maximum Gasteiger partial charge on any atom is 0.252 e. The van der Waals surface area contributed by atoms with Gasteiger partial charge in [-0.2, -0.15) is 0 Å². The van der Waals surface area contributed by atoms with E-state index in [4.69, 9.17) is 16.3 Å². The standard InChI is InChI=1S/C31H36ClN3O4S/c1-40(37,38)35(22-25-11-12-25)29-10-6-5-9-28(29)33-17-19-34(20-18-33)31(36)30(21-24-13-15-27(32)16-14-24)39-23-26-7-3-2-4-8-26/h2-10,13-16,25,30H,11-12,17-23H2,1H3/t30-/m1/s1. The average molecular weight is 582 g/mol. The van der Waals surface area contributed by atoms with Gasteiger partial charge in [-0.1, -0.05) is 66.2 Å². The zero-order valence-corrected chi connectivity index (χ0v) is 24.4. The van der Waals surface area contributed by atoms with Crippen LogP contribution in [0.25, 0.3) is 0 Å². The van der Waals surface area contributed by atoms with E-state index < -0.39 is 16.1 Å². The SMILES string of the molecule is CS(=O)(=O)N(CC1CC1)c1ccccc1N1CCN(C(=O)[C@@H](Cc2ccc(Cl)cc2)OCc2ccccc2)CC1. The van der Waals surface area contributed by atoms with Gasteiger partial charge in [0.05, 0.1) is 24.2 Å². The topological polar surface area (TPSA) is 70.2 Å². The van der Waals surface area contributed by atoms with E-state index in [-0.39, 0.29) is 5.91 Å². The fourth-order valence-corrected chi connectivity index (χ4v) is 6.20. The zero-order valence-electron chi connectivity index (χ0n) is 22.8. The second kappa shape index (κ2) is 12.6. The second-order valence-electron chi connectivity index (χ2n) is 10.7. The van der Waals surface area contributed by atoms with Crippen molar-refractivity contribution in [3.63, 3.8) is 0 Å². The molecule has 0 N–H and O–H groups in total. The molecule has 1 atom stereocenters. The number of anilines is 2. The molecular formula is C31H36ClN3O4S. The smallest absolute Gasteiger partial charge is 0.252 e. The van der Waals surface area contributed by atoms with Gasteiger partial charge in [0.1, 0.15) is 6.10 Å². The molecule has 212 valence electrons. The minimum absolute atomic E-state index is 0.0367. The lowest BCUT2D eigenvalue weighted by Crippen LogP contribution is -2.52. The highest BCUT2D eigenvalue weighted by Crippen LogP contribution is 2.37. The van der Waals surface area contributed by atoms with Gasteiger partial charge < -0.3 is 14.5 Å². The van der Waals surface area contributed by atoms with Crippen LogP contribution in [0.2, 0.25) is 5.02 Å². The summed E-state index contributed by atoms with van der Waals surface area (Å²) in [6.07, 6.45) is 3.24. The third-order valence-electron chi connectivity index (χ3n) is 7.51. The van der Waals surface area contributed by atoms with Crippen LogP contribution in [0.4, 0.5) is 11.4 Å². The van der Waals surface area contributed by atoms with Crippen molar-refractivity contribution in [1.82, 2.24) is 4.90 Å². The first kappa shape index (κ1) is 28.5. The van der Waals surface area contributed by atoms with Gasteiger partial charge in [0.25, 0.3) is 5.91 Å². The van der Waals surface area contributed by atoms with Crippen LogP contribution in [-0.2, 0) is 32.6 Å². The van der Waals surface area contributed by atoms with Crippen molar-refractivity contribution in [2.45, 2.75) is 32.0 Å². The van der Waals surface area contributed by atoms with Crippen LogP contribution in [0.1, 0.15) is 24.0 Å². The Morgan fingerprint density at radius 2 is 1.57 bits per heavy atom. The lowest BCUT2D eigenvalue weighted by atomic mass is 10.1. The van der Waals surface area contributed by atoms with E-state index in [0.717, 1.165) is 29.7 Å². The van der Waals surface area contributed by atoms with Crippen molar-refractivity contribution < 1.29 is 17.9 Å². The Balaban J connectivity index is 1.28. The Hall–Kier alpha value is -3.07. The number of hydrogen-bond acceptors (Lipinski definition) is 5. The molecule has 3 aromatic carbocycles. The molecule has 1 saturated carbocycles. The summed E-state index contributed by atoms with van der Waals surface area (Å²) in [7, 11) is -3.41. The summed E-state index contributed by atoms with van der Waals surface area (Å²) in [6, 6.07) is 25.1. The highest BCUT2D eigenvalue weighted by Gasteiger charge is 2.33. The van der Waals surface area contributed by atoms with Gasteiger partial charge in [0.2, 0.25) is 10.0 Å². The number of benzene rings is 3. The summed E-state index contributed by atoms with van der Waals surface area (Å²) in [5, 5.41) is 0.653. The van der Waals surface area contributed by atoms with E-state index in [1.54, 1.807) is 4.31 Å². The molecule has 40 heavy (non-hydrogen) atoms. The number of halogens is 1. The number of carbonyl (C=O) groups is 1. The summed E-state index contributed by atoms with van der Waals surface area (Å²) in [5.41, 5.74) is 3.60. The molecule has 1 aliphatic heterocycles. The quantitative estimate of drug-likeness (QED) is 0.319. The largest absolute Gasteiger partial charge is 0.366 e. The van der Waals surface area contributed by atoms with Gasteiger partial charge in [0, 0.05) is 44.2 Å². The molecular weight excluding hydrogens is 546 g/mol. The first-order valence-corrected chi connectivity index (χ1v) is 16.0. The fourth-order valence-electron chi connectivity index (χ4n) is 5.08. The monoisotopic (exact) mass is 581 g/mol. The fraction of sp³-hybridized carbons (Fsp3) is 0.387. The summed E-state index contributed by atoms with van der Waals surface area (Å²) >= 11 is 6.07.